The molecule has 1 aromatic carbocycles. The maximum absolute atomic E-state index is 10.3. The summed E-state index contributed by atoms with van der Waals surface area (Å²) in [4.78, 5) is 32.7. The molecule has 4 rings (SSSR count). The van der Waals surface area contributed by atoms with Crippen LogP contribution in [0.2, 0.25) is 0 Å². The van der Waals surface area contributed by atoms with Crippen molar-refractivity contribution in [2.75, 3.05) is 0 Å². The molecule has 0 spiro atoms. The minimum Gasteiger partial charge on any atom is -0.477 e. The Labute approximate surface area is 191 Å². The van der Waals surface area contributed by atoms with Gasteiger partial charge in [0.15, 0.2) is 0 Å². The zero-order valence-electron chi connectivity index (χ0n) is 16.0. The molecule has 8 heteroatoms. The number of pyridine rings is 3. The molecule has 157 valence electrons. The van der Waals surface area contributed by atoms with Gasteiger partial charge in [0.25, 0.3) is 0 Å². The number of aromatic carboxylic acids is 2. The third-order valence-corrected chi connectivity index (χ3v) is 3.86. The Morgan fingerprint density at radius 1 is 0.645 bits per heavy atom. The van der Waals surface area contributed by atoms with E-state index in [1.54, 1.807) is 12.4 Å². The fourth-order valence-electron chi connectivity index (χ4n) is 2.48. The molecule has 3 heterocycles. The summed E-state index contributed by atoms with van der Waals surface area (Å²) in [5.41, 5.74) is 3.29. The predicted octanol–water partition coefficient (Wildman–Crippen LogP) is 4.09. The van der Waals surface area contributed by atoms with Crippen LogP contribution in [0.3, 0.4) is 0 Å². The smallest absolute Gasteiger partial charge is 0.354 e. The summed E-state index contributed by atoms with van der Waals surface area (Å²) < 4.78 is 0. The normalized spacial score (nSPS) is 9.55. The molecule has 0 aliphatic rings. The van der Waals surface area contributed by atoms with Crippen LogP contribution in [0.15, 0.2) is 85.2 Å². The second kappa shape index (κ2) is 11.4. The summed E-state index contributed by atoms with van der Waals surface area (Å²) in [7, 11) is 0. The average Bonchev–Trinajstić information content (AvgIpc) is 2.81. The van der Waals surface area contributed by atoms with Gasteiger partial charge in [0.05, 0.1) is 0 Å². The number of hydrogen-bond acceptors (Lipinski definition) is 5. The molecular formula is C23H16IrN3O4-. The number of nitrogens with zero attached hydrogens (tertiary/aromatic N) is 3. The summed E-state index contributed by atoms with van der Waals surface area (Å²) in [6.07, 6.45) is 3.58. The van der Waals surface area contributed by atoms with Crippen molar-refractivity contribution in [1.82, 2.24) is 15.0 Å². The summed E-state index contributed by atoms with van der Waals surface area (Å²) >= 11 is 0. The molecule has 4 aromatic rings. The minimum absolute atomic E-state index is 0. The van der Waals surface area contributed by atoms with Gasteiger partial charge in [0.1, 0.15) is 11.4 Å². The Kier molecular flexibility index (Phi) is 8.69. The molecule has 0 bridgehead atoms. The van der Waals surface area contributed by atoms with E-state index in [1.807, 2.05) is 54.6 Å². The van der Waals surface area contributed by atoms with Crippen molar-refractivity contribution >= 4 is 11.9 Å². The van der Waals surface area contributed by atoms with Crippen molar-refractivity contribution < 1.29 is 39.9 Å². The van der Waals surface area contributed by atoms with E-state index in [1.165, 1.54) is 18.2 Å². The van der Waals surface area contributed by atoms with Crippen LogP contribution in [0.5, 0.6) is 0 Å². The number of hydrogen-bond donors (Lipinski definition) is 2. The largest absolute Gasteiger partial charge is 0.477 e. The van der Waals surface area contributed by atoms with Crippen LogP contribution in [-0.4, -0.2) is 37.1 Å². The molecule has 0 amide bonds. The van der Waals surface area contributed by atoms with Crippen LogP contribution in [-0.2, 0) is 20.1 Å². The van der Waals surface area contributed by atoms with Crippen LogP contribution < -0.4 is 0 Å². The first kappa shape index (κ1) is 23.5. The first-order valence-electron chi connectivity index (χ1n) is 8.83. The minimum atomic E-state index is -1.24. The fraction of sp³-hybridized carbons (Fsp3) is 0. The molecule has 0 saturated carbocycles. The number of rotatable bonds is 4. The standard InChI is InChI=1S/C16H11N2.C7H5NO4.Ir/c1-3-10-17-15(8-1)13-6-5-7-14(12-13)16-9-2-4-11-18-16;9-6(10)4-2-1-3-5(8-4)7(11)12;/h1-11H;1-3H,(H,9,10)(H,11,12);/q-1;;. The van der Waals surface area contributed by atoms with Gasteiger partial charge in [-0.3, -0.25) is 9.97 Å². The van der Waals surface area contributed by atoms with Gasteiger partial charge in [-0.05, 0) is 24.3 Å². The molecule has 7 nitrogen and oxygen atoms in total. The zero-order chi connectivity index (χ0) is 21.3. The van der Waals surface area contributed by atoms with Crippen molar-refractivity contribution in [2.45, 2.75) is 0 Å². The molecule has 0 aliphatic carbocycles. The summed E-state index contributed by atoms with van der Waals surface area (Å²) in [6, 6.07) is 24.9. The van der Waals surface area contributed by atoms with Crippen LogP contribution in [0, 0.1) is 6.07 Å². The van der Waals surface area contributed by atoms with E-state index in [2.05, 4.69) is 21.0 Å². The molecule has 0 aliphatic heterocycles. The fourth-order valence-corrected chi connectivity index (χ4v) is 2.48. The third-order valence-electron chi connectivity index (χ3n) is 3.86. The first-order chi connectivity index (χ1) is 14.5. The van der Waals surface area contributed by atoms with Crippen molar-refractivity contribution in [1.29, 1.82) is 0 Å². The topological polar surface area (TPSA) is 113 Å². The number of benzene rings is 1. The Morgan fingerprint density at radius 2 is 1.10 bits per heavy atom. The average molecular weight is 591 g/mol. The van der Waals surface area contributed by atoms with E-state index in [9.17, 15) is 9.59 Å². The van der Waals surface area contributed by atoms with E-state index in [-0.39, 0.29) is 31.5 Å². The molecule has 0 saturated heterocycles. The monoisotopic (exact) mass is 591 g/mol. The number of carbonyl (C=O) groups is 2. The van der Waals surface area contributed by atoms with E-state index in [0.717, 1.165) is 22.5 Å². The Balaban J connectivity index is 0.000000231. The van der Waals surface area contributed by atoms with Crippen molar-refractivity contribution in [2.24, 2.45) is 0 Å². The number of aromatic nitrogens is 3. The second-order valence-electron chi connectivity index (χ2n) is 5.93. The van der Waals surface area contributed by atoms with Gasteiger partial charge in [0.2, 0.25) is 0 Å². The Bertz CT molecular complexity index is 1070. The van der Waals surface area contributed by atoms with Crippen molar-refractivity contribution in [3.8, 4) is 22.5 Å². The van der Waals surface area contributed by atoms with Gasteiger partial charge in [-0.15, -0.1) is 24.3 Å². The van der Waals surface area contributed by atoms with E-state index in [0.29, 0.717) is 0 Å². The molecule has 2 N–H and O–H groups in total. The van der Waals surface area contributed by atoms with E-state index in [4.69, 9.17) is 10.2 Å². The van der Waals surface area contributed by atoms with E-state index >= 15 is 0 Å². The molecule has 1 radical (unpaired) electrons. The Morgan fingerprint density at radius 3 is 1.48 bits per heavy atom. The number of carboxylic acid groups (broad SMARTS) is 2. The maximum atomic E-state index is 10.3. The summed E-state index contributed by atoms with van der Waals surface area (Å²) in [6.45, 7) is 0. The second-order valence-corrected chi connectivity index (χ2v) is 5.93. The number of carboxylic acids is 2. The summed E-state index contributed by atoms with van der Waals surface area (Å²) in [5.74, 6) is -2.48. The molecule has 31 heavy (non-hydrogen) atoms. The maximum Gasteiger partial charge on any atom is 0.354 e. The van der Waals surface area contributed by atoms with Gasteiger partial charge in [-0.2, -0.15) is 0 Å². The summed E-state index contributed by atoms with van der Waals surface area (Å²) in [5, 5.41) is 16.9. The van der Waals surface area contributed by atoms with Crippen LogP contribution in [0.4, 0.5) is 0 Å². The quantitative estimate of drug-likeness (QED) is 0.345. The zero-order valence-corrected chi connectivity index (χ0v) is 18.4. The van der Waals surface area contributed by atoms with Gasteiger partial charge >= 0.3 is 11.9 Å². The molecule has 0 atom stereocenters. The molecular weight excluding hydrogens is 574 g/mol. The van der Waals surface area contributed by atoms with Crippen LogP contribution in [0.25, 0.3) is 22.5 Å². The molecule has 0 unspecified atom stereocenters. The van der Waals surface area contributed by atoms with Crippen molar-refractivity contribution in [3.05, 3.63) is 103 Å². The Hall–Kier alpha value is -3.74. The molecule has 0 fully saturated rings. The predicted molar refractivity (Wildman–Crippen MR) is 110 cm³/mol. The van der Waals surface area contributed by atoms with Gasteiger partial charge in [0, 0.05) is 43.9 Å². The SMILES string of the molecule is O=C(O)c1cccc(C(=O)O)n1.[Ir].[c-]1c(-c2ccccn2)cccc1-c1ccccn1. The third kappa shape index (κ3) is 6.64. The van der Waals surface area contributed by atoms with Crippen LogP contribution >= 0.6 is 0 Å². The van der Waals surface area contributed by atoms with Crippen LogP contribution in [0.1, 0.15) is 21.0 Å². The van der Waals surface area contributed by atoms with Gasteiger partial charge in [-0.25, -0.2) is 14.6 Å². The van der Waals surface area contributed by atoms with Gasteiger partial charge in [-0.1, -0.05) is 41.5 Å². The van der Waals surface area contributed by atoms with Crippen molar-refractivity contribution in [3.63, 3.8) is 0 Å². The van der Waals surface area contributed by atoms with E-state index < -0.39 is 11.9 Å². The van der Waals surface area contributed by atoms with Gasteiger partial charge < -0.3 is 10.2 Å². The first-order valence-corrected chi connectivity index (χ1v) is 8.83. The molecule has 3 aromatic heterocycles.